The summed E-state index contributed by atoms with van der Waals surface area (Å²) in [6.45, 7) is 16.6. The van der Waals surface area contributed by atoms with E-state index in [1.165, 1.54) is 12.1 Å². The first-order valence-electron chi connectivity index (χ1n) is 23.1. The number of carbonyl (C=O) groups excluding carboxylic acids is 4. The fourth-order valence-electron chi connectivity index (χ4n) is 9.53. The molecule has 13 nitrogen and oxygen atoms in total. The lowest BCUT2D eigenvalue weighted by molar-refractivity contribution is -0.164. The zero-order chi connectivity index (χ0) is 49.6. The van der Waals surface area contributed by atoms with E-state index in [-0.39, 0.29) is 41.8 Å². The number of benzene rings is 3. The number of nitrogens with two attached hydrogens (primary N) is 1. The van der Waals surface area contributed by atoms with Gasteiger partial charge >= 0.3 is 6.18 Å². The highest BCUT2D eigenvalue weighted by Crippen LogP contribution is 2.56. The van der Waals surface area contributed by atoms with E-state index in [1.54, 1.807) is 40.5 Å². The van der Waals surface area contributed by atoms with Crippen LogP contribution in [0.4, 0.5) is 18.9 Å². The highest BCUT2D eigenvalue weighted by Gasteiger charge is 2.64. The summed E-state index contributed by atoms with van der Waals surface area (Å²) in [5.41, 5.74) is 7.66. The number of hydrogen-bond donors (Lipinski definition) is 4. The monoisotopic (exact) mass is 962 g/mol. The zero-order valence-electron chi connectivity index (χ0n) is 40.2. The Morgan fingerprint density at radius 1 is 0.912 bits per heavy atom. The van der Waals surface area contributed by atoms with Gasteiger partial charge in [-0.2, -0.15) is 13.2 Å². The predicted octanol–water partition coefficient (Wildman–Crippen LogP) is 8.74. The van der Waals surface area contributed by atoms with E-state index in [9.17, 15) is 32.3 Å². The number of alkyl halides is 3. The molecule has 1 aliphatic carbocycles. The topological polar surface area (TPSA) is 174 Å². The van der Waals surface area contributed by atoms with Gasteiger partial charge in [0, 0.05) is 47.8 Å². The maximum atomic E-state index is 13.9. The Balaban J connectivity index is 0.872. The van der Waals surface area contributed by atoms with Crippen molar-refractivity contribution in [1.82, 2.24) is 25.8 Å². The van der Waals surface area contributed by atoms with Gasteiger partial charge in [-0.1, -0.05) is 72.7 Å². The Morgan fingerprint density at radius 2 is 1.57 bits per heavy atom. The van der Waals surface area contributed by atoms with E-state index in [1.807, 2.05) is 85.2 Å². The van der Waals surface area contributed by atoms with Gasteiger partial charge in [0.15, 0.2) is 0 Å². The van der Waals surface area contributed by atoms with Crippen LogP contribution in [0.1, 0.15) is 108 Å². The van der Waals surface area contributed by atoms with Crippen LogP contribution in [0.5, 0.6) is 11.5 Å². The second-order valence-electron chi connectivity index (χ2n) is 20.0. The molecule has 2 heterocycles. The summed E-state index contributed by atoms with van der Waals surface area (Å²) in [6.07, 6.45) is -1.68. The van der Waals surface area contributed by atoms with E-state index in [2.05, 4.69) is 20.9 Å². The summed E-state index contributed by atoms with van der Waals surface area (Å²) >= 11 is 1.59. The fourth-order valence-corrected chi connectivity index (χ4v) is 10.3. The summed E-state index contributed by atoms with van der Waals surface area (Å²) in [5, 5.41) is 8.98. The molecule has 0 bridgehead atoms. The van der Waals surface area contributed by atoms with Crippen molar-refractivity contribution in [3.63, 3.8) is 0 Å². The van der Waals surface area contributed by atoms with Crippen LogP contribution in [0.3, 0.4) is 0 Å². The molecule has 3 aromatic carbocycles. The average Bonchev–Trinajstić information content (AvgIpc) is 3.96. The molecule has 4 aromatic rings. The number of nitrogen functional groups attached to an aromatic ring is 1. The summed E-state index contributed by atoms with van der Waals surface area (Å²) in [5.74, 6) is -0.556. The Kier molecular flexibility index (Phi) is 16.2. The number of amides is 4. The number of rotatable bonds is 19. The van der Waals surface area contributed by atoms with Crippen LogP contribution in [0.25, 0.3) is 10.4 Å². The molecule has 0 unspecified atom stereocenters. The van der Waals surface area contributed by atoms with Crippen LogP contribution >= 0.6 is 11.3 Å². The third kappa shape index (κ3) is 12.3. The molecule has 368 valence electrons. The molecule has 2 atom stereocenters. The molecular weight excluding hydrogens is 898 g/mol. The van der Waals surface area contributed by atoms with Gasteiger partial charge in [0.05, 0.1) is 28.3 Å². The van der Waals surface area contributed by atoms with Crippen LogP contribution in [0.2, 0.25) is 0 Å². The average molecular weight is 963 g/mol. The van der Waals surface area contributed by atoms with Crippen LogP contribution in [-0.4, -0.2) is 84.1 Å². The van der Waals surface area contributed by atoms with Crippen LogP contribution in [-0.2, 0) is 31.8 Å². The highest BCUT2D eigenvalue weighted by molar-refractivity contribution is 7.13. The first-order valence-corrected chi connectivity index (χ1v) is 24.0. The summed E-state index contributed by atoms with van der Waals surface area (Å²) in [6, 6.07) is 16.5. The maximum absolute atomic E-state index is 13.9. The number of halogens is 3. The molecule has 0 radical (unpaired) electrons. The van der Waals surface area contributed by atoms with Crippen molar-refractivity contribution in [2.24, 2.45) is 16.2 Å². The number of carbonyl (C=O) groups is 4. The first kappa shape index (κ1) is 51.7. The molecule has 4 amide bonds. The summed E-state index contributed by atoms with van der Waals surface area (Å²) in [4.78, 5) is 60.7. The van der Waals surface area contributed by atoms with E-state index < -0.39 is 52.1 Å². The van der Waals surface area contributed by atoms with Gasteiger partial charge in [-0.15, -0.1) is 11.3 Å². The van der Waals surface area contributed by atoms with Crippen molar-refractivity contribution in [2.45, 2.75) is 124 Å². The lowest BCUT2D eigenvalue weighted by Gasteiger charge is -2.63. The Bertz CT molecular complexity index is 2380. The lowest BCUT2D eigenvalue weighted by atomic mass is 9.49. The molecule has 68 heavy (non-hydrogen) atoms. The van der Waals surface area contributed by atoms with Crippen LogP contribution in [0, 0.1) is 23.2 Å². The third-order valence-corrected chi connectivity index (χ3v) is 13.9. The van der Waals surface area contributed by atoms with Gasteiger partial charge in [-0.25, -0.2) is 4.98 Å². The second kappa shape index (κ2) is 21.3. The molecule has 2 aliphatic rings. The summed E-state index contributed by atoms with van der Waals surface area (Å²) < 4.78 is 58.1. The van der Waals surface area contributed by atoms with E-state index in [0.29, 0.717) is 56.9 Å². The van der Waals surface area contributed by atoms with Crippen molar-refractivity contribution in [2.75, 3.05) is 32.1 Å². The van der Waals surface area contributed by atoms with Crippen molar-refractivity contribution in [3.8, 4) is 21.9 Å². The standard InChI is InChI=1S/C51H65F3N6O7S/c1-31-41(68-30-57-31)33-16-14-32(15-17-33)28-56-44(63)39-13-12-24-60(39)45(64)42(48(2,3)4)58-40(61)29-65-25-10-9-11-26-66-35-20-18-34(19-21-35)43(62)59-46-49(5,6)47(50(46,7)8)67-36-22-23-38(55)37(27-36)51(52,53)54/h14-23,27,30,39,42,46-47H,9-13,24-26,28-29,55H2,1-8H3,(H,56,63)(H,58,61)(H,59,62)/t39-,42+,46?,47?/m0/s1. The molecular formula is C51H65F3N6O7S. The van der Waals surface area contributed by atoms with E-state index >= 15 is 0 Å². The largest absolute Gasteiger partial charge is 0.494 e. The molecule has 1 saturated heterocycles. The Labute approximate surface area is 401 Å². The first-order chi connectivity index (χ1) is 32.0. The maximum Gasteiger partial charge on any atom is 0.418 e. The minimum atomic E-state index is -4.62. The van der Waals surface area contributed by atoms with E-state index in [4.69, 9.17) is 19.9 Å². The van der Waals surface area contributed by atoms with E-state index in [0.717, 1.165) is 40.6 Å². The zero-order valence-corrected chi connectivity index (χ0v) is 41.0. The Hall–Kier alpha value is -5.68. The minimum Gasteiger partial charge on any atom is -0.494 e. The van der Waals surface area contributed by atoms with Gasteiger partial charge in [-0.3, -0.25) is 19.2 Å². The van der Waals surface area contributed by atoms with Gasteiger partial charge in [0.1, 0.15) is 36.3 Å². The smallest absolute Gasteiger partial charge is 0.418 e. The molecule has 6 rings (SSSR count). The normalized spacial score (nSPS) is 19.1. The molecule has 5 N–H and O–H groups in total. The van der Waals surface area contributed by atoms with Gasteiger partial charge in [0.25, 0.3) is 5.91 Å². The molecule has 1 aliphatic heterocycles. The Morgan fingerprint density at radius 3 is 2.21 bits per heavy atom. The number of unbranched alkanes of at least 4 members (excludes halogenated alkanes) is 2. The number of hydrogen-bond acceptors (Lipinski definition) is 10. The van der Waals surface area contributed by atoms with Gasteiger partial charge in [-0.05, 0) is 98.0 Å². The third-order valence-electron chi connectivity index (χ3n) is 12.9. The second-order valence-corrected chi connectivity index (χ2v) is 20.9. The molecule has 2 fully saturated rings. The van der Waals surface area contributed by atoms with Gasteiger partial charge in [0.2, 0.25) is 17.7 Å². The fraction of sp³-hybridized carbons (Fsp3) is 0.510. The highest BCUT2D eigenvalue weighted by atomic mass is 32.1. The van der Waals surface area contributed by atoms with Crippen molar-refractivity contribution < 1.29 is 46.6 Å². The van der Waals surface area contributed by atoms with Crippen LogP contribution < -0.4 is 31.2 Å². The minimum absolute atomic E-state index is 0.0567. The number of likely N-dealkylation sites (tertiary alicyclic amines) is 1. The number of ether oxygens (including phenoxy) is 3. The quantitative estimate of drug-likeness (QED) is 0.0530. The summed E-state index contributed by atoms with van der Waals surface area (Å²) in [7, 11) is 0. The van der Waals surface area contributed by atoms with Crippen molar-refractivity contribution >= 4 is 40.7 Å². The van der Waals surface area contributed by atoms with Crippen molar-refractivity contribution in [1.29, 1.82) is 0 Å². The molecule has 1 saturated carbocycles. The number of anilines is 1. The molecule has 0 spiro atoms. The number of nitrogens with zero attached hydrogens (tertiary/aromatic N) is 2. The van der Waals surface area contributed by atoms with Gasteiger partial charge < -0.3 is 40.8 Å². The number of aromatic nitrogens is 1. The molecule has 1 aromatic heterocycles. The number of thiazole rings is 1. The SMILES string of the molecule is Cc1ncsc1-c1ccc(CNC(=O)[C@@H]2CCCN2C(=O)[C@@H](NC(=O)COCCCCCOc2ccc(C(=O)NC3C(C)(C)C(Oc4ccc(N)c(C(F)(F)F)c4)C3(C)C)cc2)C(C)(C)C)cc1. The van der Waals surface area contributed by atoms with Crippen molar-refractivity contribution in [3.05, 3.63) is 94.6 Å². The number of nitrogens with one attached hydrogen (secondary N) is 3. The van der Waals surface area contributed by atoms with Crippen LogP contribution in [0.15, 0.2) is 72.2 Å². The predicted molar refractivity (Wildman–Crippen MR) is 256 cm³/mol. The lowest BCUT2D eigenvalue weighted by Crippen LogP contribution is -2.74. The molecule has 17 heteroatoms. The number of aryl methyl sites for hydroxylation is 1.